The second-order valence-electron chi connectivity index (χ2n) is 4.09. The van der Waals surface area contributed by atoms with Gasteiger partial charge in [0.05, 0.1) is 0 Å². The lowest BCUT2D eigenvalue weighted by Crippen LogP contribution is -2.52. The highest BCUT2D eigenvalue weighted by Gasteiger charge is 2.19. The minimum atomic E-state index is 0.706. The molecule has 1 heterocycles. The molecule has 80 valence electrons. The summed E-state index contributed by atoms with van der Waals surface area (Å²) in [5.74, 6) is 0. The Kier molecular flexibility index (Phi) is 7.29. The zero-order chi connectivity index (χ0) is 10.3. The van der Waals surface area contributed by atoms with Crippen LogP contribution in [0.1, 0.15) is 41.0 Å². The molecule has 1 aliphatic heterocycles. The van der Waals surface area contributed by atoms with E-state index in [0.717, 1.165) is 13.1 Å². The van der Waals surface area contributed by atoms with Gasteiger partial charge in [-0.25, -0.2) is 0 Å². The van der Waals surface area contributed by atoms with Gasteiger partial charge in [-0.05, 0) is 20.8 Å². The van der Waals surface area contributed by atoms with Gasteiger partial charge in [0, 0.05) is 31.7 Å². The van der Waals surface area contributed by atoms with Crippen molar-refractivity contribution in [2.45, 2.75) is 53.1 Å². The predicted molar refractivity (Wildman–Crippen MR) is 60.1 cm³/mol. The number of hydrogen-bond acceptors (Lipinski definition) is 2. The summed E-state index contributed by atoms with van der Waals surface area (Å²) in [4.78, 5) is 2.54. The molecule has 0 amide bonds. The van der Waals surface area contributed by atoms with Crippen LogP contribution in [0.15, 0.2) is 0 Å². The molecule has 1 N–H and O–H groups in total. The van der Waals surface area contributed by atoms with Crippen LogP contribution in [0.5, 0.6) is 0 Å². The van der Waals surface area contributed by atoms with Crippen molar-refractivity contribution in [1.82, 2.24) is 10.2 Å². The first-order valence-corrected chi connectivity index (χ1v) is 5.59. The summed E-state index contributed by atoms with van der Waals surface area (Å²) in [7, 11) is 0. The number of hydrogen-bond donors (Lipinski definition) is 1. The Hall–Kier alpha value is -0.0800. The fraction of sp³-hybridized carbons (Fsp3) is 1.00. The van der Waals surface area contributed by atoms with Crippen molar-refractivity contribution in [3.05, 3.63) is 0 Å². The fourth-order valence-corrected chi connectivity index (χ4v) is 1.62. The second kappa shape index (κ2) is 7.34. The maximum absolute atomic E-state index is 3.38. The SMILES string of the molecule is CC(C)N1CCNCC1C.CCC. The second-order valence-corrected chi connectivity index (χ2v) is 4.09. The van der Waals surface area contributed by atoms with Crippen LogP contribution < -0.4 is 5.32 Å². The first-order valence-electron chi connectivity index (χ1n) is 5.59. The maximum Gasteiger partial charge on any atom is 0.0195 e. The van der Waals surface area contributed by atoms with Gasteiger partial charge in [0.25, 0.3) is 0 Å². The quantitative estimate of drug-likeness (QED) is 0.674. The largest absolute Gasteiger partial charge is 0.314 e. The smallest absolute Gasteiger partial charge is 0.0195 e. The van der Waals surface area contributed by atoms with E-state index in [1.807, 2.05) is 0 Å². The standard InChI is InChI=1S/C8H18N2.C3H8/c1-7(2)10-5-4-9-6-8(10)3;1-3-2/h7-9H,4-6H2,1-3H3;3H2,1-2H3. The molecule has 1 unspecified atom stereocenters. The molecule has 1 atom stereocenters. The molecule has 0 aromatic heterocycles. The predicted octanol–water partition coefficient (Wildman–Crippen LogP) is 2.10. The minimum Gasteiger partial charge on any atom is -0.314 e. The van der Waals surface area contributed by atoms with Crippen molar-refractivity contribution in [3.63, 3.8) is 0 Å². The van der Waals surface area contributed by atoms with Crippen LogP contribution in [0.4, 0.5) is 0 Å². The number of rotatable bonds is 1. The molecule has 0 aromatic carbocycles. The molecule has 0 aromatic rings. The van der Waals surface area contributed by atoms with Gasteiger partial charge in [-0.15, -0.1) is 0 Å². The van der Waals surface area contributed by atoms with E-state index in [9.17, 15) is 0 Å². The molecule has 1 saturated heterocycles. The summed E-state index contributed by atoms with van der Waals surface area (Å²) in [5, 5.41) is 3.38. The zero-order valence-electron chi connectivity index (χ0n) is 9.93. The van der Waals surface area contributed by atoms with E-state index in [4.69, 9.17) is 0 Å². The molecule has 0 radical (unpaired) electrons. The molecule has 2 heteroatoms. The molecular formula is C11H26N2. The minimum absolute atomic E-state index is 0.706. The molecule has 1 rings (SSSR count). The van der Waals surface area contributed by atoms with Gasteiger partial charge < -0.3 is 5.32 Å². The summed E-state index contributed by atoms with van der Waals surface area (Å²) in [6, 6.07) is 1.42. The summed E-state index contributed by atoms with van der Waals surface area (Å²) in [6.07, 6.45) is 1.25. The summed E-state index contributed by atoms with van der Waals surface area (Å²) in [5.41, 5.74) is 0. The lowest BCUT2D eigenvalue weighted by atomic mass is 10.2. The third-order valence-corrected chi connectivity index (χ3v) is 2.22. The molecule has 0 bridgehead atoms. The van der Waals surface area contributed by atoms with Crippen molar-refractivity contribution in [3.8, 4) is 0 Å². The maximum atomic E-state index is 3.38. The van der Waals surface area contributed by atoms with Crippen LogP contribution in [0.2, 0.25) is 0 Å². The van der Waals surface area contributed by atoms with Crippen LogP contribution in [-0.2, 0) is 0 Å². The van der Waals surface area contributed by atoms with Crippen molar-refractivity contribution in [2.75, 3.05) is 19.6 Å². The first-order chi connectivity index (χ1) is 6.13. The number of nitrogens with zero attached hydrogens (tertiary/aromatic N) is 1. The van der Waals surface area contributed by atoms with E-state index in [-0.39, 0.29) is 0 Å². The normalized spacial score (nSPS) is 24.0. The Morgan fingerprint density at radius 1 is 1.38 bits per heavy atom. The molecule has 2 nitrogen and oxygen atoms in total. The van der Waals surface area contributed by atoms with Gasteiger partial charge in [-0.2, -0.15) is 0 Å². The monoisotopic (exact) mass is 186 g/mol. The Morgan fingerprint density at radius 3 is 2.23 bits per heavy atom. The zero-order valence-corrected chi connectivity index (χ0v) is 9.93. The van der Waals surface area contributed by atoms with Gasteiger partial charge in [0.15, 0.2) is 0 Å². The van der Waals surface area contributed by atoms with Crippen LogP contribution >= 0.6 is 0 Å². The van der Waals surface area contributed by atoms with E-state index in [0.29, 0.717) is 12.1 Å². The summed E-state index contributed by atoms with van der Waals surface area (Å²) in [6.45, 7) is 14.6. The van der Waals surface area contributed by atoms with Crippen LogP contribution in [0.3, 0.4) is 0 Å². The summed E-state index contributed by atoms with van der Waals surface area (Å²) >= 11 is 0. The van der Waals surface area contributed by atoms with E-state index >= 15 is 0 Å². The van der Waals surface area contributed by atoms with E-state index in [1.165, 1.54) is 13.0 Å². The molecule has 0 saturated carbocycles. The van der Waals surface area contributed by atoms with Gasteiger partial charge in [0.1, 0.15) is 0 Å². The van der Waals surface area contributed by atoms with Crippen molar-refractivity contribution in [2.24, 2.45) is 0 Å². The van der Waals surface area contributed by atoms with Crippen molar-refractivity contribution in [1.29, 1.82) is 0 Å². The molecule has 1 aliphatic rings. The Morgan fingerprint density at radius 2 is 1.92 bits per heavy atom. The van der Waals surface area contributed by atoms with Crippen LogP contribution in [0.25, 0.3) is 0 Å². The molecule has 13 heavy (non-hydrogen) atoms. The third kappa shape index (κ3) is 5.27. The van der Waals surface area contributed by atoms with Crippen LogP contribution in [-0.4, -0.2) is 36.6 Å². The van der Waals surface area contributed by atoms with Crippen LogP contribution in [0, 0.1) is 0 Å². The van der Waals surface area contributed by atoms with E-state index in [1.54, 1.807) is 0 Å². The van der Waals surface area contributed by atoms with Gasteiger partial charge >= 0.3 is 0 Å². The van der Waals surface area contributed by atoms with Crippen molar-refractivity contribution < 1.29 is 0 Å². The molecule has 0 spiro atoms. The van der Waals surface area contributed by atoms with E-state index < -0.39 is 0 Å². The number of nitrogens with one attached hydrogen (secondary N) is 1. The Bertz CT molecular complexity index is 113. The topological polar surface area (TPSA) is 15.3 Å². The Balaban J connectivity index is 0.000000424. The van der Waals surface area contributed by atoms with Crippen molar-refractivity contribution >= 4 is 0 Å². The lowest BCUT2D eigenvalue weighted by molar-refractivity contribution is 0.135. The molecular weight excluding hydrogens is 160 g/mol. The average molecular weight is 186 g/mol. The van der Waals surface area contributed by atoms with Gasteiger partial charge in [-0.3, -0.25) is 4.90 Å². The highest BCUT2D eigenvalue weighted by molar-refractivity contribution is 4.77. The number of piperazine rings is 1. The highest BCUT2D eigenvalue weighted by atomic mass is 15.2. The third-order valence-electron chi connectivity index (χ3n) is 2.22. The highest BCUT2D eigenvalue weighted by Crippen LogP contribution is 2.06. The first kappa shape index (κ1) is 12.9. The lowest BCUT2D eigenvalue weighted by Gasteiger charge is -2.36. The molecule has 0 aliphatic carbocycles. The molecule has 1 fully saturated rings. The fourth-order valence-electron chi connectivity index (χ4n) is 1.62. The van der Waals surface area contributed by atoms with Gasteiger partial charge in [-0.1, -0.05) is 20.3 Å². The Labute approximate surface area is 83.7 Å². The van der Waals surface area contributed by atoms with E-state index in [2.05, 4.69) is 44.8 Å². The van der Waals surface area contributed by atoms with Gasteiger partial charge in [0.2, 0.25) is 0 Å². The average Bonchev–Trinajstić information content (AvgIpc) is 2.06. The summed E-state index contributed by atoms with van der Waals surface area (Å²) < 4.78 is 0.